The van der Waals surface area contributed by atoms with Gasteiger partial charge in [0.2, 0.25) is 6.10 Å². The standard InChI is InChI=1S/C21H24N2O4/c1-14-11-17-7-5-6-8-18(17)23(14)21(24)15(2)27-22-13-16-9-10-19(25-3)20(12-16)26-4/h5-10,12-15H,11H2,1-4H3. The molecule has 0 bridgehead atoms. The minimum absolute atomic E-state index is 0.100. The van der Waals surface area contributed by atoms with Crippen molar-refractivity contribution >= 4 is 17.8 Å². The Labute approximate surface area is 159 Å². The van der Waals surface area contributed by atoms with Crippen LogP contribution in [0, 0.1) is 0 Å². The van der Waals surface area contributed by atoms with Crippen LogP contribution in [-0.4, -0.2) is 38.5 Å². The van der Waals surface area contributed by atoms with Crippen molar-refractivity contribution in [1.82, 2.24) is 0 Å². The molecule has 1 aliphatic heterocycles. The van der Waals surface area contributed by atoms with Gasteiger partial charge in [-0.15, -0.1) is 0 Å². The summed E-state index contributed by atoms with van der Waals surface area (Å²) in [4.78, 5) is 20.1. The molecular formula is C21H24N2O4. The smallest absolute Gasteiger partial charge is 0.270 e. The zero-order valence-electron chi connectivity index (χ0n) is 16.0. The summed E-state index contributed by atoms with van der Waals surface area (Å²) in [5, 5.41) is 3.98. The van der Waals surface area contributed by atoms with Crippen LogP contribution in [-0.2, 0) is 16.1 Å². The van der Waals surface area contributed by atoms with E-state index in [1.165, 1.54) is 5.56 Å². The second-order valence-electron chi connectivity index (χ2n) is 6.49. The Morgan fingerprint density at radius 1 is 1.19 bits per heavy atom. The highest BCUT2D eigenvalue weighted by molar-refractivity contribution is 5.98. The van der Waals surface area contributed by atoms with Gasteiger partial charge in [0.25, 0.3) is 5.91 Å². The van der Waals surface area contributed by atoms with Gasteiger partial charge in [0.05, 0.1) is 20.4 Å². The van der Waals surface area contributed by atoms with Gasteiger partial charge in [0, 0.05) is 17.3 Å². The second kappa shape index (κ2) is 8.12. The number of ether oxygens (including phenoxy) is 2. The van der Waals surface area contributed by atoms with E-state index >= 15 is 0 Å². The van der Waals surface area contributed by atoms with Crippen LogP contribution in [0.2, 0.25) is 0 Å². The van der Waals surface area contributed by atoms with Gasteiger partial charge in [-0.2, -0.15) is 0 Å². The normalized spacial score (nSPS) is 16.9. The number of methoxy groups -OCH3 is 2. The third kappa shape index (κ3) is 3.89. The van der Waals surface area contributed by atoms with E-state index in [-0.39, 0.29) is 11.9 Å². The fraction of sp³-hybridized carbons (Fsp3) is 0.333. The molecule has 1 heterocycles. The molecule has 1 amide bonds. The number of amides is 1. The van der Waals surface area contributed by atoms with Crippen molar-refractivity contribution < 1.29 is 19.1 Å². The number of benzene rings is 2. The van der Waals surface area contributed by atoms with Crippen LogP contribution in [0.25, 0.3) is 0 Å². The first-order valence-electron chi connectivity index (χ1n) is 8.87. The summed E-state index contributed by atoms with van der Waals surface area (Å²) in [5.41, 5.74) is 2.92. The molecule has 0 fully saturated rings. The van der Waals surface area contributed by atoms with Gasteiger partial charge in [-0.3, -0.25) is 4.79 Å². The van der Waals surface area contributed by atoms with Crippen LogP contribution in [0.1, 0.15) is 25.0 Å². The molecule has 142 valence electrons. The Balaban J connectivity index is 1.66. The summed E-state index contributed by atoms with van der Waals surface area (Å²) in [6, 6.07) is 13.5. The summed E-state index contributed by atoms with van der Waals surface area (Å²) < 4.78 is 10.5. The van der Waals surface area contributed by atoms with Crippen molar-refractivity contribution in [3.8, 4) is 11.5 Å². The predicted octanol–water partition coefficient (Wildman–Crippen LogP) is 3.42. The molecule has 0 saturated carbocycles. The predicted molar refractivity (Wildman–Crippen MR) is 105 cm³/mol. The molecule has 0 spiro atoms. The van der Waals surface area contributed by atoms with Crippen LogP contribution in [0.4, 0.5) is 5.69 Å². The number of oxime groups is 1. The summed E-state index contributed by atoms with van der Waals surface area (Å²) in [6.45, 7) is 3.75. The van der Waals surface area contributed by atoms with Gasteiger partial charge in [-0.1, -0.05) is 23.4 Å². The van der Waals surface area contributed by atoms with E-state index in [0.29, 0.717) is 11.5 Å². The number of anilines is 1. The van der Waals surface area contributed by atoms with Crippen molar-refractivity contribution in [1.29, 1.82) is 0 Å². The Bertz CT molecular complexity index is 850. The molecule has 2 aromatic carbocycles. The van der Waals surface area contributed by atoms with Crippen LogP contribution in [0.15, 0.2) is 47.6 Å². The molecule has 0 aromatic heterocycles. The van der Waals surface area contributed by atoms with E-state index in [2.05, 4.69) is 11.2 Å². The summed E-state index contributed by atoms with van der Waals surface area (Å²) in [5.74, 6) is 1.14. The van der Waals surface area contributed by atoms with E-state index < -0.39 is 6.10 Å². The molecule has 1 aliphatic rings. The molecule has 27 heavy (non-hydrogen) atoms. The number of hydrogen-bond donors (Lipinski definition) is 0. The first-order valence-corrected chi connectivity index (χ1v) is 8.87. The van der Waals surface area contributed by atoms with Crippen molar-refractivity contribution in [3.05, 3.63) is 53.6 Å². The number of carbonyl (C=O) groups is 1. The molecule has 6 nitrogen and oxygen atoms in total. The lowest BCUT2D eigenvalue weighted by molar-refractivity contribution is -0.129. The summed E-state index contributed by atoms with van der Waals surface area (Å²) in [6.07, 6.45) is 1.71. The van der Waals surface area contributed by atoms with Gasteiger partial charge >= 0.3 is 0 Å². The molecule has 3 rings (SSSR count). The van der Waals surface area contributed by atoms with Crippen LogP contribution in [0.3, 0.4) is 0 Å². The maximum Gasteiger partial charge on any atom is 0.270 e. The van der Waals surface area contributed by atoms with E-state index in [1.54, 1.807) is 44.4 Å². The molecular weight excluding hydrogens is 344 g/mol. The zero-order chi connectivity index (χ0) is 19.4. The van der Waals surface area contributed by atoms with Crippen molar-refractivity contribution in [2.45, 2.75) is 32.4 Å². The van der Waals surface area contributed by atoms with Gasteiger partial charge in [0.15, 0.2) is 11.5 Å². The second-order valence-corrected chi connectivity index (χ2v) is 6.49. The average Bonchev–Trinajstić information content (AvgIpc) is 3.02. The summed E-state index contributed by atoms with van der Waals surface area (Å²) in [7, 11) is 3.16. The highest BCUT2D eigenvalue weighted by Crippen LogP contribution is 2.32. The van der Waals surface area contributed by atoms with Gasteiger partial charge in [-0.05, 0) is 50.1 Å². The fourth-order valence-electron chi connectivity index (χ4n) is 3.26. The lowest BCUT2D eigenvalue weighted by Crippen LogP contribution is -2.42. The van der Waals surface area contributed by atoms with Crippen LogP contribution in [0.5, 0.6) is 11.5 Å². The first kappa shape index (κ1) is 18.8. The average molecular weight is 368 g/mol. The van der Waals surface area contributed by atoms with Gasteiger partial charge in [0.1, 0.15) is 0 Å². The third-order valence-corrected chi connectivity index (χ3v) is 4.62. The summed E-state index contributed by atoms with van der Waals surface area (Å²) >= 11 is 0. The van der Waals surface area contributed by atoms with Gasteiger partial charge in [-0.25, -0.2) is 0 Å². The number of nitrogens with zero attached hydrogens (tertiary/aromatic N) is 2. The minimum Gasteiger partial charge on any atom is -0.493 e. The van der Waals surface area contributed by atoms with E-state index in [9.17, 15) is 4.79 Å². The molecule has 2 atom stereocenters. The third-order valence-electron chi connectivity index (χ3n) is 4.62. The molecule has 2 unspecified atom stereocenters. The fourth-order valence-corrected chi connectivity index (χ4v) is 3.26. The van der Waals surface area contributed by atoms with Gasteiger partial charge < -0.3 is 19.2 Å². The van der Waals surface area contributed by atoms with Crippen LogP contribution < -0.4 is 14.4 Å². The SMILES string of the molecule is COc1ccc(C=NOC(C)C(=O)N2c3ccccc3CC2C)cc1OC. The number of rotatable bonds is 6. The monoisotopic (exact) mass is 368 g/mol. The van der Waals surface area contributed by atoms with E-state index in [0.717, 1.165) is 17.7 Å². The zero-order valence-corrected chi connectivity index (χ0v) is 16.0. The van der Waals surface area contributed by atoms with Crippen molar-refractivity contribution in [3.63, 3.8) is 0 Å². The minimum atomic E-state index is -0.685. The number of hydrogen-bond acceptors (Lipinski definition) is 5. The molecule has 0 radical (unpaired) electrons. The van der Waals surface area contributed by atoms with Crippen molar-refractivity contribution in [2.24, 2.45) is 5.16 Å². The number of fused-ring (bicyclic) bond motifs is 1. The lowest BCUT2D eigenvalue weighted by atomic mass is 10.1. The molecule has 0 N–H and O–H groups in total. The lowest BCUT2D eigenvalue weighted by Gasteiger charge is -2.24. The Morgan fingerprint density at radius 3 is 2.67 bits per heavy atom. The molecule has 0 saturated heterocycles. The largest absolute Gasteiger partial charge is 0.493 e. The van der Waals surface area contributed by atoms with Crippen molar-refractivity contribution in [2.75, 3.05) is 19.1 Å². The Hall–Kier alpha value is -3.02. The highest BCUT2D eigenvalue weighted by Gasteiger charge is 2.33. The molecule has 2 aromatic rings. The van der Waals surface area contributed by atoms with E-state index in [4.69, 9.17) is 14.3 Å². The maximum absolute atomic E-state index is 12.8. The Kier molecular flexibility index (Phi) is 5.64. The quantitative estimate of drug-likeness (QED) is 0.579. The maximum atomic E-state index is 12.8. The van der Waals surface area contributed by atoms with Crippen LogP contribution >= 0.6 is 0 Å². The van der Waals surface area contributed by atoms with E-state index in [1.807, 2.05) is 31.2 Å². The molecule has 0 aliphatic carbocycles. The number of carbonyl (C=O) groups excluding carboxylic acids is 1. The number of para-hydroxylation sites is 1. The molecule has 6 heteroatoms. The highest BCUT2D eigenvalue weighted by atomic mass is 16.6. The first-order chi connectivity index (χ1) is 13.0. The topological polar surface area (TPSA) is 60.4 Å². The Morgan fingerprint density at radius 2 is 1.93 bits per heavy atom.